The molecule has 1 N–H and O–H groups in total. The normalized spacial score (nSPS) is 15.0. The molecule has 0 radical (unpaired) electrons. The smallest absolute Gasteiger partial charge is 0.142 e. The molecule has 0 spiro atoms. The molecule has 1 aliphatic heterocycles. The van der Waals surface area contributed by atoms with Crippen molar-refractivity contribution in [3.05, 3.63) is 36.2 Å². The van der Waals surface area contributed by atoms with Crippen molar-refractivity contribution >= 4 is 17.3 Å². The number of benzene rings is 1. The van der Waals surface area contributed by atoms with Gasteiger partial charge in [0, 0.05) is 19.2 Å². The minimum atomic E-state index is 0.639. The van der Waals surface area contributed by atoms with Gasteiger partial charge >= 0.3 is 0 Å². The third-order valence-electron chi connectivity index (χ3n) is 4.20. The maximum atomic E-state index is 5.69. The van der Waals surface area contributed by atoms with Gasteiger partial charge in [0.25, 0.3) is 0 Å². The molecule has 1 aromatic heterocycles. The molecule has 0 atom stereocenters. The number of ether oxygens (including phenoxy) is 1. The van der Waals surface area contributed by atoms with E-state index in [1.165, 1.54) is 25.7 Å². The maximum absolute atomic E-state index is 5.69. The summed E-state index contributed by atoms with van der Waals surface area (Å²) in [5.74, 6) is 3.45. The van der Waals surface area contributed by atoms with Crippen molar-refractivity contribution in [1.82, 2.24) is 9.97 Å². The highest BCUT2D eigenvalue weighted by atomic mass is 16.5. The minimum absolute atomic E-state index is 0.639. The van der Waals surface area contributed by atoms with Gasteiger partial charge in [0.1, 0.15) is 23.2 Å². The van der Waals surface area contributed by atoms with Crippen molar-refractivity contribution in [3.8, 4) is 5.75 Å². The third-order valence-corrected chi connectivity index (χ3v) is 4.20. The predicted octanol–water partition coefficient (Wildman–Crippen LogP) is 4.31. The summed E-state index contributed by atoms with van der Waals surface area (Å²) in [6.45, 7) is 6.72. The van der Waals surface area contributed by atoms with Crippen molar-refractivity contribution in [2.24, 2.45) is 0 Å². The molecule has 1 fully saturated rings. The van der Waals surface area contributed by atoms with Gasteiger partial charge in [0.05, 0.1) is 12.3 Å². The van der Waals surface area contributed by atoms with E-state index in [0.717, 1.165) is 42.0 Å². The second kappa shape index (κ2) is 7.99. The summed E-state index contributed by atoms with van der Waals surface area (Å²) in [7, 11) is 0. The molecular formula is C19H26N4O. The van der Waals surface area contributed by atoms with Crippen LogP contribution in [0.5, 0.6) is 5.75 Å². The molecule has 2 aromatic rings. The molecule has 0 bridgehead atoms. The van der Waals surface area contributed by atoms with Crippen molar-refractivity contribution < 1.29 is 4.74 Å². The number of para-hydroxylation sites is 2. The summed E-state index contributed by atoms with van der Waals surface area (Å²) in [4.78, 5) is 11.6. The Hall–Kier alpha value is -2.30. The monoisotopic (exact) mass is 326 g/mol. The number of hydrogen-bond donors (Lipinski definition) is 1. The molecular weight excluding hydrogens is 300 g/mol. The van der Waals surface area contributed by atoms with E-state index >= 15 is 0 Å². The molecule has 5 nitrogen and oxygen atoms in total. The number of aromatic nitrogens is 2. The summed E-state index contributed by atoms with van der Waals surface area (Å²) >= 11 is 0. The Balaban J connectivity index is 1.83. The lowest BCUT2D eigenvalue weighted by Gasteiger charge is -2.22. The van der Waals surface area contributed by atoms with Crippen LogP contribution >= 0.6 is 0 Å². The van der Waals surface area contributed by atoms with Crippen LogP contribution in [-0.2, 0) is 0 Å². The molecule has 1 saturated heterocycles. The standard InChI is InChI=1S/C19H26N4O/c1-3-24-17-11-7-6-10-16(17)22-18-14-19(21-15(2)20-18)23-12-8-4-5-9-13-23/h6-7,10-11,14H,3-5,8-9,12-13H2,1-2H3,(H,20,21,22). The number of nitrogens with one attached hydrogen (secondary N) is 1. The van der Waals surface area contributed by atoms with Gasteiger partial charge in [0.2, 0.25) is 0 Å². The summed E-state index contributed by atoms with van der Waals surface area (Å²) in [6, 6.07) is 9.99. The van der Waals surface area contributed by atoms with Crippen LogP contribution in [0.3, 0.4) is 0 Å². The fourth-order valence-electron chi connectivity index (χ4n) is 3.07. The van der Waals surface area contributed by atoms with E-state index in [1.54, 1.807) is 0 Å². The first-order valence-corrected chi connectivity index (χ1v) is 8.86. The molecule has 1 aliphatic rings. The summed E-state index contributed by atoms with van der Waals surface area (Å²) in [5.41, 5.74) is 0.930. The van der Waals surface area contributed by atoms with E-state index in [2.05, 4.69) is 20.2 Å². The van der Waals surface area contributed by atoms with Crippen molar-refractivity contribution in [2.75, 3.05) is 29.9 Å². The van der Waals surface area contributed by atoms with Crippen molar-refractivity contribution in [1.29, 1.82) is 0 Å². The second-order valence-electron chi connectivity index (χ2n) is 6.11. The maximum Gasteiger partial charge on any atom is 0.142 e. The zero-order valence-corrected chi connectivity index (χ0v) is 14.6. The fraction of sp³-hybridized carbons (Fsp3) is 0.474. The molecule has 1 aromatic carbocycles. The van der Waals surface area contributed by atoms with Gasteiger partial charge in [-0.1, -0.05) is 25.0 Å². The predicted molar refractivity (Wildman–Crippen MR) is 98.3 cm³/mol. The highest BCUT2D eigenvalue weighted by molar-refractivity contribution is 5.65. The van der Waals surface area contributed by atoms with E-state index in [9.17, 15) is 0 Å². The average molecular weight is 326 g/mol. The first kappa shape index (κ1) is 16.6. The Kier molecular flexibility index (Phi) is 5.51. The van der Waals surface area contributed by atoms with Crippen LogP contribution in [0.25, 0.3) is 0 Å². The van der Waals surface area contributed by atoms with Crippen LogP contribution in [0.1, 0.15) is 38.4 Å². The van der Waals surface area contributed by atoms with Crippen LogP contribution in [0.4, 0.5) is 17.3 Å². The number of anilines is 3. The first-order chi connectivity index (χ1) is 11.8. The fourth-order valence-corrected chi connectivity index (χ4v) is 3.07. The summed E-state index contributed by atoms with van der Waals surface area (Å²) in [5, 5.41) is 3.39. The summed E-state index contributed by atoms with van der Waals surface area (Å²) < 4.78 is 5.69. The van der Waals surface area contributed by atoms with Gasteiger partial charge < -0.3 is 15.0 Å². The molecule has 24 heavy (non-hydrogen) atoms. The molecule has 2 heterocycles. The van der Waals surface area contributed by atoms with Gasteiger partial charge in [-0.3, -0.25) is 0 Å². The first-order valence-electron chi connectivity index (χ1n) is 8.86. The van der Waals surface area contributed by atoms with Gasteiger partial charge in [-0.2, -0.15) is 0 Å². The largest absolute Gasteiger partial charge is 0.492 e. The molecule has 0 aliphatic carbocycles. The van der Waals surface area contributed by atoms with E-state index in [1.807, 2.05) is 44.2 Å². The number of hydrogen-bond acceptors (Lipinski definition) is 5. The van der Waals surface area contributed by atoms with E-state index in [0.29, 0.717) is 6.61 Å². The SMILES string of the molecule is CCOc1ccccc1Nc1cc(N2CCCCCC2)nc(C)n1. The Labute approximate surface area is 144 Å². The van der Waals surface area contributed by atoms with Crippen LogP contribution in [0.15, 0.2) is 30.3 Å². The highest BCUT2D eigenvalue weighted by Crippen LogP contribution is 2.28. The zero-order chi connectivity index (χ0) is 16.8. The zero-order valence-electron chi connectivity index (χ0n) is 14.6. The Morgan fingerprint density at radius 3 is 2.58 bits per heavy atom. The lowest BCUT2D eigenvalue weighted by molar-refractivity contribution is 0.342. The number of nitrogens with zero attached hydrogens (tertiary/aromatic N) is 3. The second-order valence-corrected chi connectivity index (χ2v) is 6.11. The van der Waals surface area contributed by atoms with Crippen LogP contribution in [-0.4, -0.2) is 29.7 Å². The van der Waals surface area contributed by atoms with Gasteiger partial charge in [-0.25, -0.2) is 9.97 Å². The molecule has 0 saturated carbocycles. The lowest BCUT2D eigenvalue weighted by atomic mass is 10.2. The van der Waals surface area contributed by atoms with E-state index < -0.39 is 0 Å². The molecule has 0 amide bonds. The minimum Gasteiger partial charge on any atom is -0.492 e. The quantitative estimate of drug-likeness (QED) is 0.887. The van der Waals surface area contributed by atoms with Gasteiger partial charge in [-0.05, 0) is 38.8 Å². The van der Waals surface area contributed by atoms with E-state index in [-0.39, 0.29) is 0 Å². The highest BCUT2D eigenvalue weighted by Gasteiger charge is 2.13. The van der Waals surface area contributed by atoms with Gasteiger partial charge in [0.15, 0.2) is 0 Å². The van der Waals surface area contributed by atoms with Gasteiger partial charge in [-0.15, -0.1) is 0 Å². The lowest BCUT2D eigenvalue weighted by Crippen LogP contribution is -2.25. The van der Waals surface area contributed by atoms with Crippen molar-refractivity contribution in [2.45, 2.75) is 39.5 Å². The Morgan fingerprint density at radius 2 is 1.83 bits per heavy atom. The molecule has 5 heteroatoms. The van der Waals surface area contributed by atoms with Crippen LogP contribution in [0.2, 0.25) is 0 Å². The van der Waals surface area contributed by atoms with Crippen LogP contribution < -0.4 is 15.0 Å². The van der Waals surface area contributed by atoms with Crippen LogP contribution in [0, 0.1) is 6.92 Å². The summed E-state index contributed by atoms with van der Waals surface area (Å²) in [6.07, 6.45) is 5.10. The van der Waals surface area contributed by atoms with E-state index in [4.69, 9.17) is 4.74 Å². The third kappa shape index (κ3) is 4.16. The Morgan fingerprint density at radius 1 is 1.08 bits per heavy atom. The molecule has 0 unspecified atom stereocenters. The average Bonchev–Trinajstić information content (AvgIpc) is 2.86. The number of aryl methyl sites for hydroxylation is 1. The number of rotatable bonds is 5. The molecule has 3 rings (SSSR count). The van der Waals surface area contributed by atoms with Crippen molar-refractivity contribution in [3.63, 3.8) is 0 Å². The Bertz CT molecular complexity index is 666. The topological polar surface area (TPSA) is 50.3 Å². The molecule has 128 valence electrons.